The van der Waals surface area contributed by atoms with Gasteiger partial charge in [0.15, 0.2) is 0 Å². The molecule has 2 aliphatic rings. The first-order valence-corrected chi connectivity index (χ1v) is 13.4. The highest BCUT2D eigenvalue weighted by Crippen LogP contribution is 2.35. The number of anilines is 3. The summed E-state index contributed by atoms with van der Waals surface area (Å²) in [5.74, 6) is 0.827. The van der Waals surface area contributed by atoms with Crippen LogP contribution in [0.4, 0.5) is 22.1 Å². The topological polar surface area (TPSA) is 143 Å². The van der Waals surface area contributed by atoms with E-state index in [1.54, 1.807) is 13.1 Å². The lowest BCUT2D eigenvalue weighted by atomic mass is 9.89. The van der Waals surface area contributed by atoms with Crippen molar-refractivity contribution < 1.29 is 14.3 Å². The SMILES string of the molecule is CN=C(C=CN)c1c(NC2CCCCC2NC(=O)OC(C)(C)C)nc(Nc2cccc(C)c2)c2c1CNC2=O. The average Bonchev–Trinajstić information content (AvgIpc) is 3.25. The van der Waals surface area contributed by atoms with Gasteiger partial charge in [-0.05, 0) is 70.5 Å². The molecule has 1 aromatic carbocycles. The quantitative estimate of drug-likeness (QED) is 0.329. The molecule has 39 heavy (non-hydrogen) atoms. The third-order valence-corrected chi connectivity index (χ3v) is 6.78. The van der Waals surface area contributed by atoms with E-state index < -0.39 is 11.7 Å². The number of ether oxygens (including phenoxy) is 1. The Balaban J connectivity index is 1.76. The van der Waals surface area contributed by atoms with Crippen LogP contribution in [0, 0.1) is 6.92 Å². The molecular formula is C29H39N7O3. The normalized spacial score (nSPS) is 19.4. The number of aliphatic imine (C=N–C) groups is 1. The molecule has 1 aliphatic heterocycles. The van der Waals surface area contributed by atoms with Gasteiger partial charge in [-0.2, -0.15) is 0 Å². The number of carbonyl (C=O) groups excluding carboxylic acids is 2. The third-order valence-electron chi connectivity index (χ3n) is 6.78. The molecule has 2 aromatic rings. The van der Waals surface area contributed by atoms with Gasteiger partial charge in [-0.1, -0.05) is 25.0 Å². The zero-order valence-electron chi connectivity index (χ0n) is 23.4. The van der Waals surface area contributed by atoms with Crippen molar-refractivity contribution in [3.8, 4) is 0 Å². The summed E-state index contributed by atoms with van der Waals surface area (Å²) in [4.78, 5) is 35.0. The third kappa shape index (κ3) is 6.68. The highest BCUT2D eigenvalue weighted by molar-refractivity contribution is 6.16. The molecule has 1 aliphatic carbocycles. The van der Waals surface area contributed by atoms with Crippen LogP contribution in [0.25, 0.3) is 0 Å². The molecule has 1 saturated carbocycles. The molecule has 2 unspecified atom stereocenters. The second-order valence-corrected chi connectivity index (χ2v) is 11.0. The second kappa shape index (κ2) is 11.8. The summed E-state index contributed by atoms with van der Waals surface area (Å²) in [5.41, 5.74) is 9.68. The molecule has 2 amide bonds. The Hall–Kier alpha value is -4.08. The minimum Gasteiger partial charge on any atom is -0.444 e. The van der Waals surface area contributed by atoms with Crippen molar-refractivity contribution in [1.29, 1.82) is 0 Å². The number of amides is 2. The number of alkyl carbamates (subject to hydrolysis) is 1. The van der Waals surface area contributed by atoms with Crippen molar-refractivity contribution >= 4 is 35.0 Å². The number of aryl methyl sites for hydroxylation is 1. The Morgan fingerprint density at radius 3 is 2.62 bits per heavy atom. The second-order valence-electron chi connectivity index (χ2n) is 11.0. The Kier molecular flexibility index (Phi) is 8.42. The van der Waals surface area contributed by atoms with Crippen LogP contribution in [-0.2, 0) is 11.3 Å². The fourth-order valence-corrected chi connectivity index (χ4v) is 5.11. The van der Waals surface area contributed by atoms with Gasteiger partial charge in [0.1, 0.15) is 17.2 Å². The van der Waals surface area contributed by atoms with Crippen molar-refractivity contribution in [2.75, 3.05) is 17.7 Å². The number of rotatable bonds is 7. The van der Waals surface area contributed by atoms with Crippen LogP contribution in [0.2, 0.25) is 0 Å². The fraction of sp³-hybridized carbons (Fsp3) is 0.448. The monoisotopic (exact) mass is 533 g/mol. The van der Waals surface area contributed by atoms with Crippen molar-refractivity contribution in [2.45, 2.75) is 77.6 Å². The molecule has 0 spiro atoms. The number of pyridine rings is 1. The highest BCUT2D eigenvalue weighted by Gasteiger charge is 2.34. The summed E-state index contributed by atoms with van der Waals surface area (Å²) < 4.78 is 5.53. The molecule has 10 heteroatoms. The van der Waals surface area contributed by atoms with Crippen LogP contribution in [-0.4, -0.2) is 47.4 Å². The number of nitrogens with zero attached hydrogens (tertiary/aromatic N) is 2. The van der Waals surface area contributed by atoms with Gasteiger partial charge >= 0.3 is 6.09 Å². The minimum absolute atomic E-state index is 0.104. The number of benzene rings is 1. The molecule has 0 saturated heterocycles. The van der Waals surface area contributed by atoms with Crippen LogP contribution in [0.15, 0.2) is 41.5 Å². The number of aromatic nitrogens is 1. The van der Waals surface area contributed by atoms with E-state index in [1.807, 2.05) is 52.0 Å². The summed E-state index contributed by atoms with van der Waals surface area (Å²) in [7, 11) is 1.68. The first-order valence-electron chi connectivity index (χ1n) is 13.4. The smallest absolute Gasteiger partial charge is 0.407 e. The highest BCUT2D eigenvalue weighted by atomic mass is 16.6. The Morgan fingerprint density at radius 1 is 1.21 bits per heavy atom. The van der Waals surface area contributed by atoms with Gasteiger partial charge < -0.3 is 31.7 Å². The maximum atomic E-state index is 13.0. The predicted molar refractivity (Wildman–Crippen MR) is 155 cm³/mol. The van der Waals surface area contributed by atoms with Gasteiger partial charge in [-0.15, -0.1) is 0 Å². The van der Waals surface area contributed by atoms with Crippen LogP contribution < -0.4 is 27.0 Å². The van der Waals surface area contributed by atoms with Gasteiger partial charge in [0.05, 0.1) is 17.3 Å². The van der Waals surface area contributed by atoms with E-state index in [4.69, 9.17) is 15.5 Å². The molecule has 6 N–H and O–H groups in total. The fourth-order valence-electron chi connectivity index (χ4n) is 5.11. The first-order chi connectivity index (χ1) is 18.6. The summed E-state index contributed by atoms with van der Waals surface area (Å²) in [6, 6.07) is 7.64. The van der Waals surface area contributed by atoms with E-state index in [1.165, 1.54) is 6.20 Å². The first kappa shape index (κ1) is 27.9. The molecule has 208 valence electrons. The van der Waals surface area contributed by atoms with Crippen molar-refractivity contribution in [3.63, 3.8) is 0 Å². The van der Waals surface area contributed by atoms with E-state index in [0.717, 1.165) is 42.5 Å². The number of fused-ring (bicyclic) bond motifs is 1. The Bertz CT molecular complexity index is 1300. The lowest BCUT2D eigenvalue weighted by molar-refractivity contribution is 0.0488. The molecule has 2 heterocycles. The molecule has 0 radical (unpaired) electrons. The van der Waals surface area contributed by atoms with Crippen LogP contribution in [0.1, 0.15) is 73.5 Å². The number of carbonyl (C=O) groups is 2. The lowest BCUT2D eigenvalue weighted by Crippen LogP contribution is -2.50. The van der Waals surface area contributed by atoms with Gasteiger partial charge in [0.2, 0.25) is 0 Å². The summed E-state index contributed by atoms with van der Waals surface area (Å²) >= 11 is 0. The van der Waals surface area contributed by atoms with Gasteiger partial charge in [-0.25, -0.2) is 9.78 Å². The van der Waals surface area contributed by atoms with E-state index in [2.05, 4.69) is 26.3 Å². The minimum atomic E-state index is -0.590. The van der Waals surface area contributed by atoms with Crippen molar-refractivity contribution in [1.82, 2.24) is 15.6 Å². The average molecular weight is 534 g/mol. The zero-order valence-corrected chi connectivity index (χ0v) is 23.4. The van der Waals surface area contributed by atoms with Gasteiger partial charge in [-0.3, -0.25) is 9.79 Å². The van der Waals surface area contributed by atoms with E-state index >= 15 is 0 Å². The lowest BCUT2D eigenvalue weighted by Gasteiger charge is -2.34. The Labute approximate surface area is 229 Å². The van der Waals surface area contributed by atoms with E-state index in [-0.39, 0.29) is 18.0 Å². The molecule has 2 atom stereocenters. The summed E-state index contributed by atoms with van der Waals surface area (Å²) in [6.07, 6.45) is 6.34. The molecule has 1 aromatic heterocycles. The largest absolute Gasteiger partial charge is 0.444 e. The predicted octanol–water partition coefficient (Wildman–Crippen LogP) is 4.52. The van der Waals surface area contributed by atoms with Crippen LogP contribution in [0.5, 0.6) is 0 Å². The van der Waals surface area contributed by atoms with E-state index in [0.29, 0.717) is 35.0 Å². The number of allylic oxidation sites excluding steroid dienone is 1. The van der Waals surface area contributed by atoms with Crippen molar-refractivity contribution in [2.24, 2.45) is 10.7 Å². The number of nitrogens with one attached hydrogen (secondary N) is 4. The zero-order chi connectivity index (χ0) is 28.2. The molecular weight excluding hydrogens is 494 g/mol. The summed E-state index contributed by atoms with van der Waals surface area (Å²) in [5, 5.41) is 13.0. The maximum Gasteiger partial charge on any atom is 0.407 e. The molecule has 4 rings (SSSR count). The van der Waals surface area contributed by atoms with Gasteiger partial charge in [0.25, 0.3) is 5.91 Å². The van der Waals surface area contributed by atoms with Crippen LogP contribution >= 0.6 is 0 Å². The number of nitrogens with two attached hydrogens (primary N) is 1. The molecule has 10 nitrogen and oxygen atoms in total. The number of hydrogen-bond donors (Lipinski definition) is 5. The van der Waals surface area contributed by atoms with Gasteiger partial charge in [0, 0.05) is 36.4 Å². The molecule has 1 fully saturated rings. The standard InChI is InChI=1S/C29H39N7O3/c1-17-9-8-10-18(15-17)33-26-24-19(16-32-27(24)37)23(22(31-5)13-14-30)25(36-26)34-20-11-6-7-12-21(20)35-28(38)39-29(2,3)4/h8-10,13-15,20-21H,6-7,11-12,16,30H2,1-5H3,(H,32,37)(H,35,38)(H2,33,34,36). The van der Waals surface area contributed by atoms with Crippen LogP contribution in [0.3, 0.4) is 0 Å². The molecule has 0 bridgehead atoms. The Morgan fingerprint density at radius 2 is 1.95 bits per heavy atom. The summed E-state index contributed by atoms with van der Waals surface area (Å²) in [6.45, 7) is 7.89. The maximum absolute atomic E-state index is 13.0. The van der Waals surface area contributed by atoms with Crippen molar-refractivity contribution in [3.05, 3.63) is 58.8 Å². The van der Waals surface area contributed by atoms with E-state index in [9.17, 15) is 9.59 Å². The number of hydrogen-bond acceptors (Lipinski definition) is 8.